The molecule has 0 aliphatic carbocycles. The third kappa shape index (κ3) is 2.99. The molecule has 1 fully saturated rings. The summed E-state index contributed by atoms with van der Waals surface area (Å²) >= 11 is 0. The number of sulfonamides is 1. The van der Waals surface area contributed by atoms with Crippen molar-refractivity contribution in [2.75, 3.05) is 20.3 Å². The fourth-order valence-corrected chi connectivity index (χ4v) is 3.37. The molecule has 1 unspecified atom stereocenters. The molecule has 1 aliphatic rings. The van der Waals surface area contributed by atoms with Gasteiger partial charge in [0.1, 0.15) is 0 Å². The second kappa shape index (κ2) is 5.58. The van der Waals surface area contributed by atoms with E-state index in [-0.39, 0.29) is 30.3 Å². The lowest BCUT2D eigenvalue weighted by molar-refractivity contribution is -0.144. The average Bonchev–Trinajstić information content (AvgIpc) is 2.87. The van der Waals surface area contributed by atoms with Crippen LogP contribution in [0.5, 0.6) is 5.75 Å². The molecular formula is C12H14FNO6S. The van der Waals surface area contributed by atoms with Gasteiger partial charge in [-0.3, -0.25) is 4.79 Å². The van der Waals surface area contributed by atoms with Crippen LogP contribution in [-0.4, -0.2) is 45.4 Å². The molecule has 0 radical (unpaired) electrons. The van der Waals surface area contributed by atoms with Crippen LogP contribution < -0.4 is 9.46 Å². The van der Waals surface area contributed by atoms with Gasteiger partial charge in [0.25, 0.3) is 0 Å². The first kappa shape index (κ1) is 15.7. The maximum Gasteiger partial charge on any atom is 0.327 e. The maximum atomic E-state index is 13.6. The van der Waals surface area contributed by atoms with E-state index in [2.05, 4.69) is 4.72 Å². The number of halogens is 1. The van der Waals surface area contributed by atoms with Gasteiger partial charge in [0.05, 0.1) is 18.6 Å². The number of hydrogen-bond acceptors (Lipinski definition) is 5. The maximum absolute atomic E-state index is 13.6. The van der Waals surface area contributed by atoms with Gasteiger partial charge in [0.2, 0.25) is 10.0 Å². The lowest BCUT2D eigenvalue weighted by atomic mass is 10.0. The summed E-state index contributed by atoms with van der Waals surface area (Å²) in [5.41, 5.74) is -1.73. The molecule has 1 heterocycles. The molecule has 1 atom stereocenters. The molecule has 1 aliphatic heterocycles. The molecule has 1 aromatic rings. The summed E-state index contributed by atoms with van der Waals surface area (Å²) in [6.45, 7) is -0.147. The monoisotopic (exact) mass is 319 g/mol. The van der Waals surface area contributed by atoms with Crippen molar-refractivity contribution in [3.8, 4) is 5.75 Å². The van der Waals surface area contributed by atoms with Crippen LogP contribution in [0.2, 0.25) is 0 Å². The van der Waals surface area contributed by atoms with Crippen LogP contribution in [0.15, 0.2) is 23.1 Å². The van der Waals surface area contributed by atoms with Gasteiger partial charge in [0, 0.05) is 13.0 Å². The number of carboxylic acid groups (broad SMARTS) is 1. The third-order valence-corrected chi connectivity index (χ3v) is 4.73. The Morgan fingerprint density at radius 1 is 1.52 bits per heavy atom. The van der Waals surface area contributed by atoms with Crippen molar-refractivity contribution >= 4 is 16.0 Å². The van der Waals surface area contributed by atoms with Crippen LogP contribution in [0.3, 0.4) is 0 Å². The normalized spacial score (nSPS) is 22.2. The Labute approximate surface area is 120 Å². The van der Waals surface area contributed by atoms with Crippen molar-refractivity contribution in [2.24, 2.45) is 0 Å². The highest BCUT2D eigenvalue weighted by Crippen LogP contribution is 2.25. The molecule has 1 saturated heterocycles. The molecule has 1 aromatic carbocycles. The zero-order valence-corrected chi connectivity index (χ0v) is 11.9. The first-order valence-corrected chi connectivity index (χ1v) is 7.48. The second-order valence-electron chi connectivity index (χ2n) is 4.59. The minimum Gasteiger partial charge on any atom is -0.494 e. The number of nitrogens with one attached hydrogen (secondary N) is 1. The minimum atomic E-state index is -4.20. The van der Waals surface area contributed by atoms with Crippen LogP contribution in [0, 0.1) is 5.82 Å². The topological polar surface area (TPSA) is 102 Å². The number of carbonyl (C=O) groups is 1. The second-order valence-corrected chi connectivity index (χ2v) is 6.27. The van der Waals surface area contributed by atoms with Crippen molar-refractivity contribution in [2.45, 2.75) is 16.9 Å². The molecule has 21 heavy (non-hydrogen) atoms. The van der Waals surface area contributed by atoms with Crippen LogP contribution in [0.25, 0.3) is 0 Å². The SMILES string of the molecule is COc1ccc(S(=O)(=O)NC2(C(=O)O)CCOC2)cc1F. The van der Waals surface area contributed by atoms with E-state index in [4.69, 9.17) is 9.47 Å². The molecule has 0 spiro atoms. The van der Waals surface area contributed by atoms with Crippen LogP contribution in [-0.2, 0) is 19.6 Å². The summed E-state index contributed by atoms with van der Waals surface area (Å²) < 4.78 is 49.8. The van der Waals surface area contributed by atoms with E-state index in [9.17, 15) is 22.7 Å². The van der Waals surface area contributed by atoms with E-state index in [1.165, 1.54) is 7.11 Å². The van der Waals surface area contributed by atoms with E-state index < -0.39 is 27.3 Å². The number of aliphatic carboxylic acids is 1. The van der Waals surface area contributed by atoms with Gasteiger partial charge >= 0.3 is 5.97 Å². The fraction of sp³-hybridized carbons (Fsp3) is 0.417. The fourth-order valence-electron chi connectivity index (χ4n) is 1.99. The highest BCUT2D eigenvalue weighted by molar-refractivity contribution is 7.89. The summed E-state index contributed by atoms with van der Waals surface area (Å²) in [6, 6.07) is 3.06. The quantitative estimate of drug-likeness (QED) is 0.812. The Hall–Kier alpha value is -1.71. The Morgan fingerprint density at radius 3 is 2.71 bits per heavy atom. The van der Waals surface area contributed by atoms with Crippen molar-refractivity contribution in [1.82, 2.24) is 4.72 Å². The molecular weight excluding hydrogens is 305 g/mol. The Morgan fingerprint density at radius 2 is 2.24 bits per heavy atom. The first-order valence-electron chi connectivity index (χ1n) is 5.99. The van der Waals surface area contributed by atoms with Crippen molar-refractivity contribution in [3.05, 3.63) is 24.0 Å². The number of ether oxygens (including phenoxy) is 2. The number of carboxylic acids is 1. The zero-order valence-electron chi connectivity index (χ0n) is 11.1. The summed E-state index contributed by atoms with van der Waals surface area (Å²) in [6.07, 6.45) is 0.000199. The van der Waals surface area contributed by atoms with E-state index in [0.29, 0.717) is 0 Å². The summed E-state index contributed by atoms with van der Waals surface area (Å²) in [5, 5.41) is 9.21. The standard InChI is InChI=1S/C12H14FNO6S/c1-19-10-3-2-8(6-9(10)13)21(17,18)14-12(11(15)16)4-5-20-7-12/h2-3,6,14H,4-5,7H2,1H3,(H,15,16). The van der Waals surface area contributed by atoms with Crippen LogP contribution in [0.4, 0.5) is 4.39 Å². The van der Waals surface area contributed by atoms with E-state index in [0.717, 1.165) is 18.2 Å². The number of methoxy groups -OCH3 is 1. The van der Waals surface area contributed by atoms with Gasteiger partial charge in [-0.2, -0.15) is 4.72 Å². The van der Waals surface area contributed by atoms with Crippen LogP contribution in [0.1, 0.15) is 6.42 Å². The zero-order chi connectivity index (χ0) is 15.7. The molecule has 0 bridgehead atoms. The lowest BCUT2D eigenvalue weighted by Crippen LogP contribution is -2.54. The Kier molecular flexibility index (Phi) is 4.17. The van der Waals surface area contributed by atoms with Gasteiger partial charge in [-0.15, -0.1) is 0 Å². The van der Waals surface area contributed by atoms with Crippen molar-refractivity contribution in [3.63, 3.8) is 0 Å². The number of benzene rings is 1. The summed E-state index contributed by atoms with van der Waals surface area (Å²) in [4.78, 5) is 10.9. The van der Waals surface area contributed by atoms with Gasteiger partial charge < -0.3 is 14.6 Å². The molecule has 2 rings (SSSR count). The Balaban J connectivity index is 2.34. The van der Waals surface area contributed by atoms with E-state index in [1.54, 1.807) is 0 Å². The minimum absolute atomic E-state index is 0.000199. The first-order chi connectivity index (χ1) is 9.81. The largest absolute Gasteiger partial charge is 0.494 e. The molecule has 116 valence electrons. The van der Waals surface area contributed by atoms with E-state index in [1.807, 2.05) is 0 Å². The van der Waals surface area contributed by atoms with Gasteiger partial charge in [-0.25, -0.2) is 12.8 Å². The molecule has 0 aromatic heterocycles. The van der Waals surface area contributed by atoms with Gasteiger partial charge in [0.15, 0.2) is 17.1 Å². The number of hydrogen-bond donors (Lipinski definition) is 2. The molecule has 0 saturated carbocycles. The summed E-state index contributed by atoms with van der Waals surface area (Å²) in [7, 11) is -2.95. The lowest BCUT2D eigenvalue weighted by Gasteiger charge is -2.23. The van der Waals surface area contributed by atoms with Gasteiger partial charge in [-0.05, 0) is 18.2 Å². The average molecular weight is 319 g/mol. The van der Waals surface area contributed by atoms with Crippen molar-refractivity contribution < 1.29 is 32.2 Å². The van der Waals surface area contributed by atoms with Crippen molar-refractivity contribution in [1.29, 1.82) is 0 Å². The predicted molar refractivity (Wildman–Crippen MR) is 69.1 cm³/mol. The van der Waals surface area contributed by atoms with Crippen LogP contribution >= 0.6 is 0 Å². The molecule has 0 amide bonds. The summed E-state index contributed by atoms with van der Waals surface area (Å²) in [5.74, 6) is -2.30. The smallest absolute Gasteiger partial charge is 0.327 e. The van der Waals surface area contributed by atoms with E-state index >= 15 is 0 Å². The molecule has 7 nitrogen and oxygen atoms in total. The number of rotatable bonds is 5. The Bertz CT molecular complexity index is 654. The molecule has 9 heteroatoms. The van der Waals surface area contributed by atoms with Gasteiger partial charge in [-0.1, -0.05) is 0 Å². The highest BCUT2D eigenvalue weighted by atomic mass is 32.2. The third-order valence-electron chi connectivity index (χ3n) is 3.19. The highest BCUT2D eigenvalue weighted by Gasteiger charge is 2.46. The molecule has 2 N–H and O–H groups in total. The predicted octanol–water partition coefficient (Wildman–Crippen LogP) is 0.356.